The summed E-state index contributed by atoms with van der Waals surface area (Å²) < 4.78 is 51.8. The third-order valence-corrected chi connectivity index (χ3v) is 9.59. The lowest BCUT2D eigenvalue weighted by Gasteiger charge is -2.30. The molecule has 2 heterocycles. The zero-order valence-electron chi connectivity index (χ0n) is 34.2. The maximum Gasteiger partial charge on any atom is 0.407 e. The van der Waals surface area contributed by atoms with Crippen LogP contribution in [0, 0.1) is 5.92 Å². The molecule has 0 aliphatic rings. The normalized spacial score (nSPS) is 16.0. The number of nitrogens with zero attached hydrogens (tertiary/aromatic N) is 3. The molecule has 0 aliphatic heterocycles. The number of carbonyl (C=O) groups excluding carboxylic acids is 3. The van der Waals surface area contributed by atoms with Gasteiger partial charge in [0.1, 0.15) is 12.6 Å². The van der Waals surface area contributed by atoms with Gasteiger partial charge < -0.3 is 30.7 Å². The van der Waals surface area contributed by atoms with Crippen molar-refractivity contribution in [2.75, 3.05) is 7.05 Å². The number of thiazole rings is 2. The highest BCUT2D eigenvalue weighted by atomic mass is 32.1. The summed E-state index contributed by atoms with van der Waals surface area (Å²) in [4.78, 5) is 50.5. The molecular weight excluding hydrogens is 673 g/mol. The molecule has 13 heteroatoms. The highest BCUT2D eigenvalue weighted by Crippen LogP contribution is 2.20. The summed E-state index contributed by atoms with van der Waals surface area (Å²) in [6.45, 7) is -2.10. The summed E-state index contributed by atoms with van der Waals surface area (Å²) in [5.74, 6) is -2.61. The summed E-state index contributed by atoms with van der Waals surface area (Å²) >= 11 is 2.25. The lowest BCUT2D eigenvalue weighted by Crippen LogP contribution is -2.55. The van der Waals surface area contributed by atoms with Gasteiger partial charge in [-0.1, -0.05) is 88.2 Å². The zero-order chi connectivity index (χ0) is 41.0. The maximum absolute atomic E-state index is 13.9. The standard InChI is InChI=1S/C37H48N6O5S2/c1-24(2)33(42-36(46)43(5)20-29-22-49-35(40-29)25(3)4)34(45)39-28(16-26-12-8-6-9-13-26)18-32(44)31(17-27-14-10-7-11-15-27)41-37(47)48-21-30-19-38-23-50-30/h6-15,19,22-25,28,31-33,44H,16-18,20-21H2,1-5H3,(H,39,45)(H,41,47)(H,42,46)/t28-,31-,32+,33-/m0/s1/i3D3,4D3. The summed E-state index contributed by atoms with van der Waals surface area (Å²) in [5.41, 5.74) is 3.71. The van der Waals surface area contributed by atoms with Crippen LogP contribution < -0.4 is 16.0 Å². The van der Waals surface area contributed by atoms with E-state index >= 15 is 0 Å². The molecule has 0 unspecified atom stereocenters. The van der Waals surface area contributed by atoms with Crippen LogP contribution in [0.1, 0.15) is 74.8 Å². The molecule has 0 saturated heterocycles. The van der Waals surface area contributed by atoms with E-state index in [1.54, 1.807) is 25.6 Å². The minimum Gasteiger partial charge on any atom is -0.444 e. The zero-order valence-corrected chi connectivity index (χ0v) is 29.9. The Hall–Kier alpha value is -4.33. The highest BCUT2D eigenvalue weighted by molar-refractivity contribution is 7.09. The summed E-state index contributed by atoms with van der Waals surface area (Å²) in [6, 6.07) is 15.8. The minimum atomic E-state index is -2.80. The van der Waals surface area contributed by atoms with E-state index in [9.17, 15) is 19.5 Å². The molecule has 4 aromatic rings. The van der Waals surface area contributed by atoms with Gasteiger partial charge in [0.2, 0.25) is 5.91 Å². The van der Waals surface area contributed by atoms with Gasteiger partial charge in [-0.2, -0.15) is 0 Å². The van der Waals surface area contributed by atoms with Crippen molar-refractivity contribution in [3.8, 4) is 0 Å². The number of nitrogens with one attached hydrogen (secondary N) is 3. The van der Waals surface area contributed by atoms with Gasteiger partial charge in [-0.25, -0.2) is 14.6 Å². The molecule has 11 nitrogen and oxygen atoms in total. The van der Waals surface area contributed by atoms with E-state index in [1.165, 1.54) is 28.7 Å². The number of aliphatic hydroxyl groups is 1. The van der Waals surface area contributed by atoms with E-state index < -0.39 is 61.9 Å². The van der Waals surface area contributed by atoms with Crippen LogP contribution in [0.2, 0.25) is 0 Å². The second-order valence-electron chi connectivity index (χ2n) is 12.3. The molecule has 0 aliphatic carbocycles. The largest absolute Gasteiger partial charge is 0.444 e. The van der Waals surface area contributed by atoms with Crippen molar-refractivity contribution < 1.29 is 32.5 Å². The van der Waals surface area contributed by atoms with Gasteiger partial charge in [0.15, 0.2) is 0 Å². The van der Waals surface area contributed by atoms with Gasteiger partial charge in [0.25, 0.3) is 0 Å². The number of hydrogen-bond acceptors (Lipinski definition) is 9. The summed E-state index contributed by atoms with van der Waals surface area (Å²) in [5, 5.41) is 21.7. The molecular formula is C37H48N6O5S2. The molecule has 0 saturated carbocycles. The van der Waals surface area contributed by atoms with Gasteiger partial charge in [-0.05, 0) is 36.3 Å². The fourth-order valence-corrected chi connectivity index (χ4v) is 6.45. The predicted molar refractivity (Wildman–Crippen MR) is 197 cm³/mol. The molecule has 4 rings (SSSR count). The van der Waals surface area contributed by atoms with E-state index in [0.29, 0.717) is 12.1 Å². The van der Waals surface area contributed by atoms with Crippen LogP contribution in [0.4, 0.5) is 9.59 Å². The number of aromatic nitrogens is 2. The number of amides is 4. The van der Waals surface area contributed by atoms with Crippen molar-refractivity contribution in [2.45, 2.75) is 90.1 Å². The Morgan fingerprint density at radius 3 is 2.26 bits per heavy atom. The Bertz CT molecular complexity index is 1820. The molecule has 0 bridgehead atoms. The van der Waals surface area contributed by atoms with Gasteiger partial charge in [-0.3, -0.25) is 9.78 Å². The third kappa shape index (κ3) is 12.2. The number of benzene rings is 2. The summed E-state index contributed by atoms with van der Waals surface area (Å²) in [7, 11) is 1.48. The molecule has 0 radical (unpaired) electrons. The Morgan fingerprint density at radius 1 is 0.960 bits per heavy atom. The highest BCUT2D eigenvalue weighted by Gasteiger charge is 2.31. The topological polar surface area (TPSA) is 146 Å². The number of rotatable bonds is 17. The lowest BCUT2D eigenvalue weighted by atomic mass is 9.93. The number of hydrogen-bond donors (Lipinski definition) is 4. The Kier molecular flexibility index (Phi) is 11.7. The molecule has 50 heavy (non-hydrogen) atoms. The smallest absolute Gasteiger partial charge is 0.407 e. The minimum absolute atomic E-state index is 0.0232. The first kappa shape index (κ1) is 30.5. The third-order valence-electron chi connectivity index (χ3n) is 7.88. The Labute approximate surface area is 310 Å². The van der Waals surface area contributed by atoms with Crippen LogP contribution in [0.3, 0.4) is 0 Å². The van der Waals surface area contributed by atoms with Crippen molar-refractivity contribution in [2.24, 2.45) is 5.92 Å². The average molecular weight is 727 g/mol. The second kappa shape index (κ2) is 19.2. The van der Waals surface area contributed by atoms with Crippen molar-refractivity contribution in [1.82, 2.24) is 30.8 Å². The van der Waals surface area contributed by atoms with Crippen molar-refractivity contribution in [1.29, 1.82) is 0 Å². The Morgan fingerprint density at radius 2 is 1.64 bits per heavy atom. The SMILES string of the molecule is [2H]C([2H])([2H])C(c1nc(CN(C)C(=O)N[C@H](C(=O)N[C@@H](Cc2ccccc2)C[C@@H](O)[C@H](Cc2ccccc2)NC(=O)OCc2cncs2)C(C)C)cs1)C([2H])([2H])[2H]. The lowest BCUT2D eigenvalue weighted by molar-refractivity contribution is -0.124. The predicted octanol–water partition coefficient (Wildman–Crippen LogP) is 5.91. The Balaban J connectivity index is 1.47. The van der Waals surface area contributed by atoms with Crippen LogP contribution >= 0.6 is 22.7 Å². The van der Waals surface area contributed by atoms with Gasteiger partial charge >= 0.3 is 12.1 Å². The van der Waals surface area contributed by atoms with Gasteiger partial charge in [0.05, 0.1) is 39.8 Å². The maximum atomic E-state index is 13.9. The van der Waals surface area contributed by atoms with Crippen LogP contribution in [-0.4, -0.2) is 69.3 Å². The fraction of sp³-hybridized carbons (Fsp3) is 0.432. The van der Waals surface area contributed by atoms with Crippen molar-refractivity contribution in [3.05, 3.63) is 104 Å². The van der Waals surface area contributed by atoms with Crippen molar-refractivity contribution >= 4 is 40.7 Å². The molecule has 2 aromatic carbocycles. The van der Waals surface area contributed by atoms with Crippen LogP contribution in [0.25, 0.3) is 0 Å². The van der Waals surface area contributed by atoms with E-state index in [0.717, 1.165) is 27.3 Å². The van der Waals surface area contributed by atoms with Crippen LogP contribution in [0.15, 0.2) is 77.8 Å². The summed E-state index contributed by atoms with van der Waals surface area (Å²) in [6.07, 6.45) is 0.444. The number of ether oxygens (including phenoxy) is 1. The number of aliphatic hydroxyl groups excluding tert-OH is 1. The van der Waals surface area contributed by atoms with Gasteiger partial charge in [0, 0.05) is 38.8 Å². The van der Waals surface area contributed by atoms with E-state index in [-0.39, 0.29) is 36.9 Å². The first-order valence-electron chi connectivity index (χ1n) is 19.2. The molecule has 4 N–H and O–H groups in total. The van der Waals surface area contributed by atoms with Crippen LogP contribution in [-0.2, 0) is 35.5 Å². The van der Waals surface area contributed by atoms with Crippen molar-refractivity contribution in [3.63, 3.8) is 0 Å². The monoisotopic (exact) mass is 726 g/mol. The van der Waals surface area contributed by atoms with E-state index in [4.69, 9.17) is 13.0 Å². The quantitative estimate of drug-likeness (QED) is 0.106. The number of urea groups is 1. The average Bonchev–Trinajstić information content (AvgIpc) is 3.81. The second-order valence-corrected chi connectivity index (χ2v) is 14.2. The molecule has 4 amide bonds. The van der Waals surface area contributed by atoms with E-state index in [2.05, 4.69) is 25.9 Å². The molecule has 2 aromatic heterocycles. The van der Waals surface area contributed by atoms with Crippen LogP contribution in [0.5, 0.6) is 0 Å². The first-order valence-corrected chi connectivity index (χ1v) is 18.0. The molecule has 0 fully saturated rings. The fourth-order valence-electron chi connectivity index (χ4n) is 5.25. The first-order chi connectivity index (χ1) is 26.4. The van der Waals surface area contributed by atoms with Gasteiger partial charge in [-0.15, -0.1) is 22.7 Å². The van der Waals surface area contributed by atoms with E-state index in [1.807, 2.05) is 60.7 Å². The molecule has 4 atom stereocenters. The molecule has 268 valence electrons. The molecule has 0 spiro atoms. The number of carbonyl (C=O) groups is 3. The number of alkyl carbamates (subject to hydrolysis) is 1.